The molecule has 2 rings (SSSR count). The van der Waals surface area contributed by atoms with Gasteiger partial charge in [0.25, 0.3) is 0 Å². The Morgan fingerprint density at radius 2 is 2.29 bits per heavy atom. The molecule has 0 spiro atoms. The molecule has 1 aromatic rings. The predicted octanol–water partition coefficient (Wildman–Crippen LogP) is 3.32. The summed E-state index contributed by atoms with van der Waals surface area (Å²) in [5, 5.41) is 2.45. The van der Waals surface area contributed by atoms with Gasteiger partial charge in [0.2, 0.25) is 5.91 Å². The number of alkyl halides is 2. The molecule has 1 heterocycles. The molecule has 0 saturated carbocycles. The van der Waals surface area contributed by atoms with E-state index in [9.17, 15) is 18.0 Å². The van der Waals surface area contributed by atoms with Gasteiger partial charge in [0.15, 0.2) is 5.75 Å². The molecule has 7 heteroatoms. The summed E-state index contributed by atoms with van der Waals surface area (Å²) in [6.45, 7) is -2.38. The highest BCUT2D eigenvalue weighted by Gasteiger charge is 2.18. The summed E-state index contributed by atoms with van der Waals surface area (Å²) >= 11 is 0. The third-order valence-corrected chi connectivity index (χ3v) is 3.15. The molecule has 0 aliphatic carbocycles. The van der Waals surface area contributed by atoms with E-state index in [1.54, 1.807) is 0 Å². The smallest absolute Gasteiger partial charge is 0.387 e. The van der Waals surface area contributed by atoms with Crippen LogP contribution in [0.25, 0.3) is 0 Å². The number of halogens is 3. The number of anilines is 1. The summed E-state index contributed by atoms with van der Waals surface area (Å²) in [6, 6.07) is 3.06. The number of benzene rings is 1. The normalized spacial score (nSPS) is 18.0. The zero-order chi connectivity index (χ0) is 15.2. The van der Waals surface area contributed by atoms with Crippen LogP contribution in [0.2, 0.25) is 0 Å². The van der Waals surface area contributed by atoms with Crippen molar-refractivity contribution in [1.29, 1.82) is 0 Å². The van der Waals surface area contributed by atoms with Crippen molar-refractivity contribution in [3.8, 4) is 5.75 Å². The van der Waals surface area contributed by atoms with Crippen molar-refractivity contribution >= 4 is 11.6 Å². The lowest BCUT2D eigenvalue weighted by molar-refractivity contribution is -0.116. The summed E-state index contributed by atoms with van der Waals surface area (Å²) in [5.74, 6) is -1.46. The molecule has 0 aromatic heterocycles. The Hall–Kier alpha value is -1.76. The number of carbonyl (C=O) groups excluding carboxylic acids is 1. The highest BCUT2D eigenvalue weighted by atomic mass is 19.3. The summed E-state index contributed by atoms with van der Waals surface area (Å²) in [6.07, 6.45) is 2.75. The lowest BCUT2D eigenvalue weighted by Crippen LogP contribution is -2.16. The summed E-state index contributed by atoms with van der Waals surface area (Å²) in [4.78, 5) is 11.8. The van der Waals surface area contributed by atoms with Gasteiger partial charge in [-0.3, -0.25) is 4.79 Å². The maximum atomic E-state index is 13.0. The topological polar surface area (TPSA) is 47.6 Å². The minimum atomic E-state index is -3.09. The predicted molar refractivity (Wildman–Crippen MR) is 69.9 cm³/mol. The second kappa shape index (κ2) is 7.31. The Morgan fingerprint density at radius 3 is 2.95 bits per heavy atom. The molecule has 1 unspecified atom stereocenters. The molecule has 1 aliphatic rings. The lowest BCUT2D eigenvalue weighted by Gasteiger charge is -2.13. The van der Waals surface area contributed by atoms with Gasteiger partial charge in [0, 0.05) is 19.1 Å². The van der Waals surface area contributed by atoms with Crippen LogP contribution in [-0.2, 0) is 9.53 Å². The second-order valence-electron chi connectivity index (χ2n) is 4.74. The number of carbonyl (C=O) groups is 1. The molecule has 116 valence electrons. The van der Waals surface area contributed by atoms with Crippen molar-refractivity contribution in [2.45, 2.75) is 38.4 Å². The SMILES string of the molecule is O=C(CCC1CCCO1)Nc1ccc(F)cc1OC(F)F. The van der Waals surface area contributed by atoms with E-state index < -0.39 is 18.2 Å². The molecule has 1 aliphatic heterocycles. The molecule has 0 bridgehead atoms. The Balaban J connectivity index is 1.92. The average Bonchev–Trinajstić information content (AvgIpc) is 2.92. The maximum Gasteiger partial charge on any atom is 0.387 e. The minimum absolute atomic E-state index is 0.0223. The van der Waals surface area contributed by atoms with Crippen LogP contribution in [0.3, 0.4) is 0 Å². The monoisotopic (exact) mass is 303 g/mol. The van der Waals surface area contributed by atoms with Crippen LogP contribution in [0.15, 0.2) is 18.2 Å². The largest absolute Gasteiger partial charge is 0.432 e. The average molecular weight is 303 g/mol. The second-order valence-corrected chi connectivity index (χ2v) is 4.74. The molecule has 1 fully saturated rings. The van der Waals surface area contributed by atoms with Gasteiger partial charge in [-0.05, 0) is 31.4 Å². The third-order valence-electron chi connectivity index (χ3n) is 3.15. The maximum absolute atomic E-state index is 13.0. The fraction of sp³-hybridized carbons (Fsp3) is 0.500. The van der Waals surface area contributed by atoms with Crippen LogP contribution in [-0.4, -0.2) is 25.2 Å². The van der Waals surface area contributed by atoms with Gasteiger partial charge in [-0.2, -0.15) is 8.78 Å². The zero-order valence-corrected chi connectivity index (χ0v) is 11.3. The first-order valence-corrected chi connectivity index (χ1v) is 6.70. The van der Waals surface area contributed by atoms with E-state index in [1.807, 2.05) is 0 Å². The highest BCUT2D eigenvalue weighted by Crippen LogP contribution is 2.27. The van der Waals surface area contributed by atoms with Crippen molar-refractivity contribution in [2.75, 3.05) is 11.9 Å². The van der Waals surface area contributed by atoms with Gasteiger partial charge in [-0.15, -0.1) is 0 Å². The van der Waals surface area contributed by atoms with Gasteiger partial charge >= 0.3 is 6.61 Å². The number of hydrogen-bond acceptors (Lipinski definition) is 3. The van der Waals surface area contributed by atoms with Crippen LogP contribution in [0.5, 0.6) is 5.75 Å². The van der Waals surface area contributed by atoms with E-state index >= 15 is 0 Å². The number of nitrogens with one attached hydrogen (secondary N) is 1. The van der Waals surface area contributed by atoms with Gasteiger partial charge in [-0.1, -0.05) is 0 Å². The highest BCUT2D eigenvalue weighted by molar-refractivity contribution is 5.92. The quantitative estimate of drug-likeness (QED) is 0.877. The Labute approximate surface area is 120 Å². The van der Waals surface area contributed by atoms with Crippen molar-refractivity contribution in [2.24, 2.45) is 0 Å². The zero-order valence-electron chi connectivity index (χ0n) is 11.3. The van der Waals surface area contributed by atoms with E-state index in [2.05, 4.69) is 10.1 Å². The molecule has 1 N–H and O–H groups in total. The van der Waals surface area contributed by atoms with Crippen LogP contribution in [0, 0.1) is 5.82 Å². The molecular weight excluding hydrogens is 287 g/mol. The van der Waals surface area contributed by atoms with Crippen molar-refractivity contribution in [1.82, 2.24) is 0 Å². The van der Waals surface area contributed by atoms with Crippen LogP contribution >= 0.6 is 0 Å². The molecule has 1 saturated heterocycles. The van der Waals surface area contributed by atoms with Crippen molar-refractivity contribution in [3.63, 3.8) is 0 Å². The number of hydrogen-bond donors (Lipinski definition) is 1. The van der Waals surface area contributed by atoms with Gasteiger partial charge in [0.05, 0.1) is 11.8 Å². The number of amides is 1. The lowest BCUT2D eigenvalue weighted by atomic mass is 10.1. The van der Waals surface area contributed by atoms with Crippen LogP contribution < -0.4 is 10.1 Å². The van der Waals surface area contributed by atoms with Crippen molar-refractivity contribution < 1.29 is 27.4 Å². The molecule has 0 radical (unpaired) electrons. The molecule has 1 aromatic carbocycles. The van der Waals surface area contributed by atoms with Crippen LogP contribution in [0.1, 0.15) is 25.7 Å². The molecular formula is C14H16F3NO3. The third kappa shape index (κ3) is 4.93. The van der Waals surface area contributed by atoms with E-state index in [0.717, 1.165) is 25.0 Å². The summed E-state index contributed by atoms with van der Waals surface area (Å²) in [5.41, 5.74) is 0.0223. The summed E-state index contributed by atoms with van der Waals surface area (Å²) in [7, 11) is 0. The number of ether oxygens (including phenoxy) is 2. The molecule has 21 heavy (non-hydrogen) atoms. The van der Waals surface area contributed by atoms with Gasteiger partial charge < -0.3 is 14.8 Å². The molecule has 1 atom stereocenters. The fourth-order valence-electron chi connectivity index (χ4n) is 2.17. The van der Waals surface area contributed by atoms with E-state index in [-0.39, 0.29) is 24.1 Å². The van der Waals surface area contributed by atoms with Crippen molar-refractivity contribution in [3.05, 3.63) is 24.0 Å². The summed E-state index contributed by atoms with van der Waals surface area (Å²) < 4.78 is 47.1. The molecule has 4 nitrogen and oxygen atoms in total. The Morgan fingerprint density at radius 1 is 1.48 bits per heavy atom. The van der Waals surface area contributed by atoms with E-state index in [0.29, 0.717) is 13.0 Å². The Bertz CT molecular complexity index is 490. The fourth-order valence-corrected chi connectivity index (χ4v) is 2.17. The first-order valence-electron chi connectivity index (χ1n) is 6.70. The van der Waals surface area contributed by atoms with Gasteiger partial charge in [-0.25, -0.2) is 4.39 Å². The van der Waals surface area contributed by atoms with Crippen LogP contribution in [0.4, 0.5) is 18.9 Å². The van der Waals surface area contributed by atoms with Gasteiger partial charge in [0.1, 0.15) is 5.82 Å². The first kappa shape index (κ1) is 15.6. The number of rotatable bonds is 6. The first-order chi connectivity index (χ1) is 10.0. The van der Waals surface area contributed by atoms with E-state index in [1.165, 1.54) is 6.07 Å². The molecule has 1 amide bonds. The van der Waals surface area contributed by atoms with E-state index in [4.69, 9.17) is 4.74 Å². The Kier molecular flexibility index (Phi) is 5.44. The standard InChI is InChI=1S/C14H16F3NO3/c15-9-3-5-11(12(8-9)21-14(16)17)18-13(19)6-4-10-2-1-7-20-10/h3,5,8,10,14H,1-2,4,6-7H2,(H,18,19). The minimum Gasteiger partial charge on any atom is -0.432 e.